The molecule has 0 aliphatic carbocycles. The Labute approximate surface area is 228 Å². The number of piperazine rings is 1. The lowest BCUT2D eigenvalue weighted by molar-refractivity contribution is -0.137. The SMILES string of the molecule is Cc1cc(-c2cc(CN3CCN(Cc4ccnc(-c5ccc(C(F)(F)F)cc5)c4)CC3)ccn2)cc(C)c1C. The lowest BCUT2D eigenvalue weighted by Crippen LogP contribution is -2.45. The van der Waals surface area contributed by atoms with Gasteiger partial charge < -0.3 is 0 Å². The van der Waals surface area contributed by atoms with Crippen molar-refractivity contribution in [1.29, 1.82) is 0 Å². The molecular formula is C32H33F3N4. The number of pyridine rings is 2. The molecule has 3 heterocycles. The van der Waals surface area contributed by atoms with Crippen LogP contribution in [-0.2, 0) is 19.3 Å². The zero-order valence-corrected chi connectivity index (χ0v) is 22.6. The number of halogens is 3. The monoisotopic (exact) mass is 530 g/mol. The van der Waals surface area contributed by atoms with Crippen LogP contribution in [0.15, 0.2) is 73.1 Å². The van der Waals surface area contributed by atoms with Gasteiger partial charge in [-0.05, 0) is 97.1 Å². The molecule has 1 aliphatic rings. The molecule has 0 saturated carbocycles. The van der Waals surface area contributed by atoms with Crippen molar-refractivity contribution in [2.24, 2.45) is 0 Å². The molecule has 0 atom stereocenters. The summed E-state index contributed by atoms with van der Waals surface area (Å²) in [5.74, 6) is 0. The highest BCUT2D eigenvalue weighted by Crippen LogP contribution is 2.31. The average Bonchev–Trinajstić information content (AvgIpc) is 2.92. The third-order valence-electron chi connectivity index (χ3n) is 7.66. The Kier molecular flexibility index (Phi) is 7.82. The largest absolute Gasteiger partial charge is 0.416 e. The van der Waals surface area contributed by atoms with E-state index in [0.717, 1.165) is 68.2 Å². The van der Waals surface area contributed by atoms with Gasteiger partial charge in [0, 0.05) is 62.8 Å². The summed E-state index contributed by atoms with van der Waals surface area (Å²) in [7, 11) is 0. The molecule has 0 N–H and O–H groups in total. The second-order valence-electron chi connectivity index (χ2n) is 10.5. The van der Waals surface area contributed by atoms with E-state index in [0.29, 0.717) is 11.3 Å². The minimum Gasteiger partial charge on any atom is -0.297 e. The maximum Gasteiger partial charge on any atom is 0.416 e. The average molecular weight is 531 g/mol. The van der Waals surface area contributed by atoms with Crippen LogP contribution in [0.5, 0.6) is 0 Å². The molecule has 0 unspecified atom stereocenters. The summed E-state index contributed by atoms with van der Waals surface area (Å²) in [5.41, 5.74) is 9.17. The number of rotatable bonds is 6. The highest BCUT2D eigenvalue weighted by atomic mass is 19.4. The molecule has 2 aromatic heterocycles. The third kappa shape index (κ3) is 6.54. The van der Waals surface area contributed by atoms with Crippen LogP contribution >= 0.6 is 0 Å². The van der Waals surface area contributed by atoms with Gasteiger partial charge >= 0.3 is 6.18 Å². The summed E-state index contributed by atoms with van der Waals surface area (Å²) >= 11 is 0. The fraction of sp³-hybridized carbons (Fsp3) is 0.312. The number of nitrogens with zero attached hydrogens (tertiary/aromatic N) is 4. The molecule has 4 aromatic rings. The predicted molar refractivity (Wildman–Crippen MR) is 149 cm³/mol. The molecule has 5 rings (SSSR count). The van der Waals surface area contributed by atoms with Gasteiger partial charge in [-0.3, -0.25) is 19.8 Å². The number of aromatic nitrogens is 2. The van der Waals surface area contributed by atoms with Crippen molar-refractivity contribution in [3.63, 3.8) is 0 Å². The van der Waals surface area contributed by atoms with Gasteiger partial charge in [0.2, 0.25) is 0 Å². The van der Waals surface area contributed by atoms with Crippen LogP contribution in [0.1, 0.15) is 33.4 Å². The summed E-state index contributed by atoms with van der Waals surface area (Å²) in [4.78, 5) is 13.9. The summed E-state index contributed by atoms with van der Waals surface area (Å²) < 4.78 is 38.7. The molecule has 1 saturated heterocycles. The molecular weight excluding hydrogens is 497 g/mol. The van der Waals surface area contributed by atoms with E-state index in [2.05, 4.69) is 64.8 Å². The summed E-state index contributed by atoms with van der Waals surface area (Å²) in [6.45, 7) is 12.0. The Balaban J connectivity index is 1.18. The number of hydrogen-bond donors (Lipinski definition) is 0. The standard InChI is InChI=1S/C32H33F3N4/c1-22-16-28(17-23(2)24(22)3)31-19-26(9-11-37-31)21-39-14-12-38(13-15-39)20-25-8-10-36-30(18-25)27-4-6-29(7-5-27)32(33,34)35/h4-11,16-19H,12-15,20-21H2,1-3H3. The molecule has 0 amide bonds. The Morgan fingerprint density at radius 2 is 1.10 bits per heavy atom. The van der Waals surface area contributed by atoms with Crippen molar-refractivity contribution in [3.8, 4) is 22.5 Å². The highest BCUT2D eigenvalue weighted by Gasteiger charge is 2.30. The molecule has 0 radical (unpaired) electrons. The van der Waals surface area contributed by atoms with Gasteiger partial charge in [0.15, 0.2) is 0 Å². The van der Waals surface area contributed by atoms with Crippen molar-refractivity contribution in [2.45, 2.75) is 40.0 Å². The molecule has 0 bridgehead atoms. The molecule has 39 heavy (non-hydrogen) atoms. The van der Waals surface area contributed by atoms with E-state index in [-0.39, 0.29) is 0 Å². The maximum absolute atomic E-state index is 12.9. The predicted octanol–water partition coefficient (Wildman–Crippen LogP) is 7.07. The van der Waals surface area contributed by atoms with E-state index in [4.69, 9.17) is 0 Å². The van der Waals surface area contributed by atoms with Crippen LogP contribution in [-0.4, -0.2) is 45.9 Å². The van der Waals surface area contributed by atoms with E-state index in [1.54, 1.807) is 6.20 Å². The fourth-order valence-corrected chi connectivity index (χ4v) is 5.10. The van der Waals surface area contributed by atoms with Crippen LogP contribution in [0.2, 0.25) is 0 Å². The van der Waals surface area contributed by atoms with Crippen LogP contribution < -0.4 is 0 Å². The second kappa shape index (κ2) is 11.3. The van der Waals surface area contributed by atoms with Crippen molar-refractivity contribution >= 4 is 0 Å². The lowest BCUT2D eigenvalue weighted by Gasteiger charge is -2.34. The smallest absolute Gasteiger partial charge is 0.297 e. The highest BCUT2D eigenvalue weighted by molar-refractivity contribution is 5.63. The van der Waals surface area contributed by atoms with Gasteiger partial charge in [-0.1, -0.05) is 12.1 Å². The quantitative estimate of drug-likeness (QED) is 0.267. The Bertz CT molecular complexity index is 1420. The van der Waals surface area contributed by atoms with E-state index in [9.17, 15) is 13.2 Å². The minimum atomic E-state index is -4.34. The zero-order chi connectivity index (χ0) is 27.6. The first kappa shape index (κ1) is 27.0. The van der Waals surface area contributed by atoms with Gasteiger partial charge in [0.1, 0.15) is 0 Å². The van der Waals surface area contributed by atoms with E-state index in [1.807, 2.05) is 18.3 Å². The van der Waals surface area contributed by atoms with Gasteiger partial charge in [-0.15, -0.1) is 0 Å². The van der Waals surface area contributed by atoms with Gasteiger partial charge in [0.05, 0.1) is 17.0 Å². The van der Waals surface area contributed by atoms with Gasteiger partial charge in [0.25, 0.3) is 0 Å². The first-order valence-corrected chi connectivity index (χ1v) is 13.3. The molecule has 7 heteroatoms. The van der Waals surface area contributed by atoms with Crippen LogP contribution in [0.4, 0.5) is 13.2 Å². The summed E-state index contributed by atoms with van der Waals surface area (Å²) in [6, 6.07) is 17.9. The second-order valence-corrected chi connectivity index (χ2v) is 10.5. The number of alkyl halides is 3. The number of aryl methyl sites for hydroxylation is 2. The minimum absolute atomic E-state index is 0.649. The van der Waals surface area contributed by atoms with Crippen molar-refractivity contribution in [2.75, 3.05) is 26.2 Å². The lowest BCUT2D eigenvalue weighted by atomic mass is 9.98. The molecule has 4 nitrogen and oxygen atoms in total. The molecule has 1 aliphatic heterocycles. The Morgan fingerprint density at radius 1 is 0.641 bits per heavy atom. The number of hydrogen-bond acceptors (Lipinski definition) is 4. The van der Waals surface area contributed by atoms with Gasteiger partial charge in [-0.2, -0.15) is 13.2 Å². The summed E-state index contributed by atoms with van der Waals surface area (Å²) in [5, 5.41) is 0. The summed E-state index contributed by atoms with van der Waals surface area (Å²) in [6.07, 6.45) is -0.700. The van der Waals surface area contributed by atoms with E-state index >= 15 is 0 Å². The Hall–Kier alpha value is -3.55. The van der Waals surface area contributed by atoms with Crippen LogP contribution in [0.3, 0.4) is 0 Å². The van der Waals surface area contributed by atoms with E-state index < -0.39 is 11.7 Å². The number of benzene rings is 2. The topological polar surface area (TPSA) is 32.3 Å². The van der Waals surface area contributed by atoms with Gasteiger partial charge in [-0.25, -0.2) is 0 Å². The first-order valence-electron chi connectivity index (χ1n) is 13.3. The van der Waals surface area contributed by atoms with Crippen molar-refractivity contribution in [3.05, 3.63) is 106 Å². The Morgan fingerprint density at radius 3 is 1.56 bits per heavy atom. The van der Waals surface area contributed by atoms with E-state index in [1.165, 1.54) is 34.4 Å². The maximum atomic E-state index is 12.9. The molecule has 202 valence electrons. The van der Waals surface area contributed by atoms with Crippen LogP contribution in [0.25, 0.3) is 22.5 Å². The fourth-order valence-electron chi connectivity index (χ4n) is 5.10. The zero-order valence-electron chi connectivity index (χ0n) is 22.6. The first-order chi connectivity index (χ1) is 18.7. The van der Waals surface area contributed by atoms with Crippen molar-refractivity contribution in [1.82, 2.24) is 19.8 Å². The molecule has 2 aromatic carbocycles. The molecule has 1 fully saturated rings. The molecule has 0 spiro atoms. The van der Waals surface area contributed by atoms with Crippen molar-refractivity contribution < 1.29 is 13.2 Å². The normalized spacial score (nSPS) is 15.0. The third-order valence-corrected chi connectivity index (χ3v) is 7.66. The van der Waals surface area contributed by atoms with Crippen LogP contribution in [0, 0.1) is 20.8 Å².